The number of halogens is 5. The van der Waals surface area contributed by atoms with Gasteiger partial charge in [0.05, 0.1) is 5.69 Å². The first-order chi connectivity index (χ1) is 15.1. The zero-order chi connectivity index (χ0) is 23.5. The number of alkyl halides is 3. The van der Waals surface area contributed by atoms with Crippen molar-refractivity contribution in [3.05, 3.63) is 93.7 Å². The van der Waals surface area contributed by atoms with Crippen molar-refractivity contribution < 1.29 is 31.5 Å². The number of hydrogen-bond donors (Lipinski definition) is 0. The predicted octanol–water partition coefficient (Wildman–Crippen LogP) is 4.84. The molecule has 0 amide bonds. The fourth-order valence-electron chi connectivity index (χ4n) is 3.21. The Hall–Kier alpha value is -3.56. The number of aromatic nitrogens is 2. The summed E-state index contributed by atoms with van der Waals surface area (Å²) in [5.41, 5.74) is -0.274. The maximum atomic E-state index is 14.5. The lowest BCUT2D eigenvalue weighted by Gasteiger charge is -2.18. The minimum Gasteiger partial charge on any atom is -0.403 e. The second kappa shape index (κ2) is 9.29. The molecular weight excluding hydrogens is 435 g/mol. The van der Waals surface area contributed by atoms with E-state index in [1.165, 1.54) is 35.2 Å². The molecule has 2 aromatic heterocycles. The van der Waals surface area contributed by atoms with Crippen LogP contribution in [0, 0.1) is 11.6 Å². The third-order valence-electron chi connectivity index (χ3n) is 4.74. The maximum Gasteiger partial charge on any atom is 0.573 e. The van der Waals surface area contributed by atoms with Crippen molar-refractivity contribution in [3.63, 3.8) is 0 Å². The fraction of sp³-hybridized carbons (Fsp3) is 0.227. The van der Waals surface area contributed by atoms with Gasteiger partial charge >= 0.3 is 6.36 Å². The third-order valence-corrected chi connectivity index (χ3v) is 4.74. The molecule has 0 radical (unpaired) electrons. The summed E-state index contributed by atoms with van der Waals surface area (Å²) in [6, 6.07) is 7.60. The lowest BCUT2D eigenvalue weighted by Crippen LogP contribution is -2.20. The topological polar surface area (TPSA) is 61.2 Å². The van der Waals surface area contributed by atoms with Gasteiger partial charge in [-0.3, -0.25) is 14.6 Å². The Morgan fingerprint density at radius 2 is 1.88 bits per heavy atom. The van der Waals surface area contributed by atoms with Crippen molar-refractivity contribution in [2.24, 2.45) is 0 Å². The highest BCUT2D eigenvalue weighted by Crippen LogP contribution is 2.33. The average molecular weight is 452 g/mol. The predicted molar refractivity (Wildman–Crippen MR) is 104 cm³/mol. The Morgan fingerprint density at radius 1 is 1.12 bits per heavy atom. The number of ketones is 1. The largest absolute Gasteiger partial charge is 0.573 e. The Bertz CT molecular complexity index is 1190. The molecule has 0 N–H and O–H groups in total. The number of ether oxygens (including phenoxy) is 1. The van der Waals surface area contributed by atoms with E-state index in [4.69, 9.17) is 0 Å². The molecule has 5 nitrogen and oxygen atoms in total. The van der Waals surface area contributed by atoms with E-state index >= 15 is 0 Å². The smallest absolute Gasteiger partial charge is 0.403 e. The molecule has 0 unspecified atom stereocenters. The fourth-order valence-corrected chi connectivity index (χ4v) is 3.21. The number of carbonyl (C=O) groups excluding carboxylic acids is 1. The third kappa shape index (κ3) is 5.37. The standard InChI is InChI=1S/C22H17F5N2O3/c1-2-29-12-14(6-8-20(29)31)18(30)11-15(21-16(23)4-3-9-28-21)13-5-7-19(17(24)10-13)32-22(25,26)27/h3-10,12,15H,2,11H2,1H3/t15-/m0/s1. The average Bonchev–Trinajstić information content (AvgIpc) is 2.73. The number of aryl methyl sites for hydroxylation is 1. The molecule has 1 atom stereocenters. The zero-order valence-electron chi connectivity index (χ0n) is 16.7. The van der Waals surface area contributed by atoms with Gasteiger partial charge in [0.1, 0.15) is 5.82 Å². The van der Waals surface area contributed by atoms with Crippen LogP contribution in [0.5, 0.6) is 5.75 Å². The molecule has 10 heteroatoms. The van der Waals surface area contributed by atoms with E-state index in [2.05, 4.69) is 9.72 Å². The van der Waals surface area contributed by atoms with Crippen LogP contribution in [0.4, 0.5) is 22.0 Å². The highest BCUT2D eigenvalue weighted by atomic mass is 19.4. The summed E-state index contributed by atoms with van der Waals surface area (Å²) in [7, 11) is 0. The van der Waals surface area contributed by atoms with Crippen molar-refractivity contribution in [2.45, 2.75) is 32.2 Å². The van der Waals surface area contributed by atoms with E-state index in [0.29, 0.717) is 6.54 Å². The van der Waals surface area contributed by atoms with Gasteiger partial charge in [-0.2, -0.15) is 0 Å². The SMILES string of the molecule is CCn1cc(C(=O)C[C@@H](c2ccc(OC(F)(F)F)c(F)c2)c2ncccc2F)ccc1=O. The first-order valence-corrected chi connectivity index (χ1v) is 9.48. The Labute approximate surface area is 179 Å². The molecule has 0 spiro atoms. The van der Waals surface area contributed by atoms with Crippen LogP contribution in [-0.2, 0) is 6.54 Å². The van der Waals surface area contributed by atoms with Gasteiger partial charge in [0.25, 0.3) is 5.56 Å². The van der Waals surface area contributed by atoms with Crippen LogP contribution >= 0.6 is 0 Å². The molecule has 2 heterocycles. The van der Waals surface area contributed by atoms with E-state index in [0.717, 1.165) is 24.3 Å². The molecule has 1 aromatic carbocycles. The van der Waals surface area contributed by atoms with Crippen LogP contribution in [0.3, 0.4) is 0 Å². The second-order valence-corrected chi connectivity index (χ2v) is 6.83. The monoisotopic (exact) mass is 452 g/mol. The first kappa shape index (κ1) is 23.1. The van der Waals surface area contributed by atoms with Crippen LogP contribution in [-0.4, -0.2) is 21.7 Å². The quantitative estimate of drug-likeness (QED) is 0.380. The summed E-state index contributed by atoms with van der Waals surface area (Å²) in [4.78, 5) is 28.6. The van der Waals surface area contributed by atoms with Crippen LogP contribution in [0.2, 0.25) is 0 Å². The van der Waals surface area contributed by atoms with Gasteiger partial charge in [-0.25, -0.2) is 8.78 Å². The molecule has 32 heavy (non-hydrogen) atoms. The Balaban J connectivity index is 2.00. The van der Waals surface area contributed by atoms with Gasteiger partial charge in [0.2, 0.25) is 0 Å². The molecule has 0 bridgehead atoms. The lowest BCUT2D eigenvalue weighted by molar-refractivity contribution is -0.275. The minimum absolute atomic E-state index is 0.0341. The van der Waals surface area contributed by atoms with Gasteiger partial charge in [0, 0.05) is 42.9 Å². The minimum atomic E-state index is -5.09. The highest BCUT2D eigenvalue weighted by molar-refractivity contribution is 5.96. The maximum absolute atomic E-state index is 14.5. The normalized spacial score (nSPS) is 12.4. The van der Waals surface area contributed by atoms with Crippen molar-refractivity contribution in [1.82, 2.24) is 9.55 Å². The molecule has 168 valence electrons. The summed E-state index contributed by atoms with van der Waals surface area (Å²) in [5.74, 6) is -4.73. The van der Waals surface area contributed by atoms with E-state index < -0.39 is 35.4 Å². The highest BCUT2D eigenvalue weighted by Gasteiger charge is 2.33. The molecule has 0 saturated carbocycles. The summed E-state index contributed by atoms with van der Waals surface area (Å²) in [6.07, 6.45) is -2.82. The van der Waals surface area contributed by atoms with Crippen LogP contribution in [0.1, 0.15) is 40.9 Å². The molecule has 0 aliphatic heterocycles. The van der Waals surface area contributed by atoms with Crippen molar-refractivity contribution in [1.29, 1.82) is 0 Å². The lowest BCUT2D eigenvalue weighted by atomic mass is 9.88. The first-order valence-electron chi connectivity index (χ1n) is 9.48. The van der Waals surface area contributed by atoms with E-state index in [-0.39, 0.29) is 28.8 Å². The van der Waals surface area contributed by atoms with Gasteiger partial charge in [-0.05, 0) is 42.8 Å². The van der Waals surface area contributed by atoms with Gasteiger partial charge in [-0.1, -0.05) is 6.07 Å². The number of hydrogen-bond acceptors (Lipinski definition) is 4. The summed E-state index contributed by atoms with van der Waals surface area (Å²) < 4.78 is 71.0. The van der Waals surface area contributed by atoms with Crippen molar-refractivity contribution in [3.8, 4) is 5.75 Å². The molecule has 3 rings (SSSR count). The number of Topliss-reactive ketones (excluding diaryl/α,β-unsaturated/α-hetero) is 1. The van der Waals surface area contributed by atoms with Gasteiger partial charge in [0.15, 0.2) is 17.3 Å². The summed E-state index contributed by atoms with van der Waals surface area (Å²) in [6.45, 7) is 2.04. The molecule has 0 aliphatic rings. The van der Waals surface area contributed by atoms with E-state index in [9.17, 15) is 31.5 Å². The Kier molecular flexibility index (Phi) is 6.71. The molecule has 0 fully saturated rings. The zero-order valence-corrected chi connectivity index (χ0v) is 16.7. The van der Waals surface area contributed by atoms with Crippen LogP contribution < -0.4 is 10.3 Å². The molecule has 3 aromatic rings. The van der Waals surface area contributed by atoms with E-state index in [1.54, 1.807) is 6.92 Å². The van der Waals surface area contributed by atoms with Crippen LogP contribution in [0.25, 0.3) is 0 Å². The number of pyridine rings is 2. The Morgan fingerprint density at radius 3 is 2.50 bits per heavy atom. The molecular formula is C22H17F5N2O3. The van der Waals surface area contributed by atoms with Crippen molar-refractivity contribution >= 4 is 5.78 Å². The number of benzene rings is 1. The second-order valence-electron chi connectivity index (χ2n) is 6.83. The number of carbonyl (C=O) groups is 1. The summed E-state index contributed by atoms with van der Waals surface area (Å²) >= 11 is 0. The van der Waals surface area contributed by atoms with Crippen molar-refractivity contribution in [2.75, 3.05) is 0 Å². The molecule has 0 aliphatic carbocycles. The summed E-state index contributed by atoms with van der Waals surface area (Å²) in [5, 5.41) is 0. The number of rotatable bonds is 7. The van der Waals surface area contributed by atoms with Crippen LogP contribution in [0.15, 0.2) is 59.7 Å². The number of nitrogens with zero attached hydrogens (tertiary/aromatic N) is 2. The van der Waals surface area contributed by atoms with Gasteiger partial charge in [-0.15, -0.1) is 13.2 Å². The van der Waals surface area contributed by atoms with Gasteiger partial charge < -0.3 is 9.30 Å². The molecule has 0 saturated heterocycles. The van der Waals surface area contributed by atoms with E-state index in [1.807, 2.05) is 0 Å².